The number of nitrogens with zero attached hydrogens (tertiary/aromatic N) is 2. The van der Waals surface area contributed by atoms with Gasteiger partial charge in [0.1, 0.15) is 23.9 Å². The first-order chi connectivity index (χ1) is 9.27. The molecule has 1 aromatic heterocycles. The lowest BCUT2D eigenvalue weighted by Gasteiger charge is -2.29. The van der Waals surface area contributed by atoms with E-state index in [1.54, 1.807) is 6.92 Å². The fourth-order valence-electron chi connectivity index (χ4n) is 1.31. The molecule has 0 radical (unpaired) electrons. The maximum Gasteiger partial charge on any atom is 0.326 e. The SMILES string of the molecule is CC(CO)(CO)COC(=O)[C@@H](N)C(C)(O)c1c[nH]nn1. The van der Waals surface area contributed by atoms with Gasteiger partial charge in [0.15, 0.2) is 0 Å². The van der Waals surface area contributed by atoms with Crippen molar-refractivity contribution in [3.8, 4) is 0 Å². The summed E-state index contributed by atoms with van der Waals surface area (Å²) in [5, 5.41) is 37.8. The third-order valence-electron chi connectivity index (χ3n) is 3.12. The van der Waals surface area contributed by atoms with Crippen LogP contribution in [0, 0.1) is 5.41 Å². The Morgan fingerprint density at radius 2 is 2.10 bits per heavy atom. The van der Waals surface area contributed by atoms with Crippen LogP contribution in [-0.2, 0) is 15.1 Å². The lowest BCUT2D eigenvalue weighted by atomic mass is 9.93. The van der Waals surface area contributed by atoms with E-state index in [1.165, 1.54) is 13.1 Å². The number of carbonyl (C=O) groups excluding carboxylic acids is 1. The Morgan fingerprint density at radius 1 is 1.50 bits per heavy atom. The van der Waals surface area contributed by atoms with Gasteiger partial charge in [0.05, 0.1) is 13.2 Å². The molecule has 0 saturated heterocycles. The van der Waals surface area contributed by atoms with Crippen LogP contribution in [0.3, 0.4) is 0 Å². The number of esters is 1. The van der Waals surface area contributed by atoms with Crippen molar-refractivity contribution in [2.75, 3.05) is 19.8 Å². The molecule has 114 valence electrons. The summed E-state index contributed by atoms with van der Waals surface area (Å²) in [5.74, 6) is -0.869. The summed E-state index contributed by atoms with van der Waals surface area (Å²) in [4.78, 5) is 11.8. The Labute approximate surface area is 115 Å². The Hall–Kier alpha value is -1.55. The van der Waals surface area contributed by atoms with Crippen molar-refractivity contribution in [2.24, 2.45) is 11.1 Å². The predicted molar refractivity (Wildman–Crippen MR) is 67.2 cm³/mol. The minimum Gasteiger partial charge on any atom is -0.464 e. The van der Waals surface area contributed by atoms with Gasteiger partial charge in [-0.15, -0.1) is 5.10 Å². The van der Waals surface area contributed by atoms with Crippen LogP contribution in [0.25, 0.3) is 0 Å². The maximum absolute atomic E-state index is 11.8. The molecule has 0 aromatic carbocycles. The highest BCUT2D eigenvalue weighted by molar-refractivity contribution is 5.77. The van der Waals surface area contributed by atoms with Crippen molar-refractivity contribution in [3.05, 3.63) is 11.9 Å². The van der Waals surface area contributed by atoms with E-state index in [2.05, 4.69) is 15.4 Å². The Morgan fingerprint density at radius 3 is 2.55 bits per heavy atom. The predicted octanol–water partition coefficient (Wildman–Crippen LogP) is -2.13. The molecule has 2 atom stereocenters. The van der Waals surface area contributed by atoms with Crippen LogP contribution in [0.5, 0.6) is 0 Å². The minimum absolute atomic E-state index is 0.106. The van der Waals surface area contributed by atoms with Crippen LogP contribution in [0.15, 0.2) is 6.20 Å². The van der Waals surface area contributed by atoms with E-state index in [0.29, 0.717) is 0 Å². The maximum atomic E-state index is 11.8. The van der Waals surface area contributed by atoms with Crippen LogP contribution < -0.4 is 5.73 Å². The summed E-state index contributed by atoms with van der Waals surface area (Å²) in [6.07, 6.45) is 1.32. The van der Waals surface area contributed by atoms with Crippen molar-refractivity contribution in [2.45, 2.75) is 25.5 Å². The summed E-state index contributed by atoms with van der Waals surface area (Å²) in [6, 6.07) is -1.38. The Kier molecular flexibility index (Phi) is 5.17. The van der Waals surface area contributed by atoms with Crippen molar-refractivity contribution in [1.82, 2.24) is 15.4 Å². The molecule has 0 bridgehead atoms. The molecule has 20 heavy (non-hydrogen) atoms. The van der Waals surface area contributed by atoms with Gasteiger partial charge in [0, 0.05) is 11.6 Å². The average molecular weight is 288 g/mol. The van der Waals surface area contributed by atoms with E-state index >= 15 is 0 Å². The fraction of sp³-hybridized carbons (Fsp3) is 0.727. The van der Waals surface area contributed by atoms with Crippen molar-refractivity contribution >= 4 is 5.97 Å². The molecule has 1 aromatic rings. The quantitative estimate of drug-likeness (QED) is 0.356. The summed E-state index contributed by atoms with van der Waals surface area (Å²) in [5.41, 5.74) is 3.06. The van der Waals surface area contributed by atoms with Crippen molar-refractivity contribution in [3.63, 3.8) is 0 Å². The van der Waals surface area contributed by atoms with Crippen LogP contribution in [0.2, 0.25) is 0 Å². The molecule has 1 rings (SSSR count). The van der Waals surface area contributed by atoms with Crippen molar-refractivity contribution < 1.29 is 24.9 Å². The molecular formula is C11H20N4O5. The van der Waals surface area contributed by atoms with Gasteiger partial charge in [0.2, 0.25) is 0 Å². The summed E-state index contributed by atoms with van der Waals surface area (Å²) >= 11 is 0. The summed E-state index contributed by atoms with van der Waals surface area (Å²) in [7, 11) is 0. The van der Waals surface area contributed by atoms with E-state index < -0.39 is 23.0 Å². The van der Waals surface area contributed by atoms with Crippen LogP contribution in [-0.4, -0.2) is 62.6 Å². The highest BCUT2D eigenvalue weighted by Gasteiger charge is 2.40. The van der Waals surface area contributed by atoms with Gasteiger partial charge in [-0.1, -0.05) is 12.1 Å². The molecule has 0 aliphatic heterocycles. The van der Waals surface area contributed by atoms with E-state index in [9.17, 15) is 9.90 Å². The number of aromatic amines is 1. The number of rotatable bonds is 7. The van der Waals surface area contributed by atoms with Gasteiger partial charge in [-0.05, 0) is 6.92 Å². The molecule has 6 N–H and O–H groups in total. The lowest BCUT2D eigenvalue weighted by molar-refractivity contribution is -0.157. The van der Waals surface area contributed by atoms with Crippen molar-refractivity contribution in [1.29, 1.82) is 0 Å². The van der Waals surface area contributed by atoms with Gasteiger partial charge in [-0.25, -0.2) is 0 Å². The van der Waals surface area contributed by atoms with Gasteiger partial charge < -0.3 is 25.8 Å². The van der Waals surface area contributed by atoms with Crippen LogP contribution in [0.1, 0.15) is 19.5 Å². The largest absolute Gasteiger partial charge is 0.464 e. The number of hydrogen-bond acceptors (Lipinski definition) is 8. The van der Waals surface area contributed by atoms with Crippen LogP contribution in [0.4, 0.5) is 0 Å². The number of carbonyl (C=O) groups is 1. The molecular weight excluding hydrogens is 268 g/mol. The Bertz CT molecular complexity index is 430. The molecule has 9 nitrogen and oxygen atoms in total. The standard InChI is InChI=1S/C11H20N4O5/c1-10(4-16,5-17)6-20-9(18)8(12)11(2,19)7-3-13-15-14-7/h3,8,16-17,19H,4-6,12H2,1-2H3,(H,13,14,15)/t8-,11?/m1/s1. The number of H-pyrrole nitrogens is 1. The molecule has 9 heteroatoms. The average Bonchev–Trinajstić information content (AvgIpc) is 2.98. The monoisotopic (exact) mass is 288 g/mol. The van der Waals surface area contributed by atoms with Gasteiger partial charge in [0.25, 0.3) is 0 Å². The summed E-state index contributed by atoms with van der Waals surface area (Å²) < 4.78 is 4.93. The molecule has 0 saturated carbocycles. The second-order valence-electron chi connectivity index (χ2n) is 5.22. The number of hydrogen-bond donors (Lipinski definition) is 5. The zero-order valence-electron chi connectivity index (χ0n) is 11.4. The topological polar surface area (TPSA) is 155 Å². The second-order valence-corrected chi connectivity index (χ2v) is 5.22. The highest BCUT2D eigenvalue weighted by Crippen LogP contribution is 2.22. The first-order valence-corrected chi connectivity index (χ1v) is 6.00. The number of aromatic nitrogens is 3. The normalized spacial score (nSPS) is 16.5. The second kappa shape index (κ2) is 6.27. The zero-order valence-corrected chi connectivity index (χ0v) is 11.4. The smallest absolute Gasteiger partial charge is 0.326 e. The lowest BCUT2D eigenvalue weighted by Crippen LogP contribution is -2.50. The highest BCUT2D eigenvalue weighted by atomic mass is 16.5. The molecule has 1 heterocycles. The number of nitrogens with one attached hydrogen (secondary N) is 1. The van der Waals surface area contributed by atoms with Crippen LogP contribution >= 0.6 is 0 Å². The van der Waals surface area contributed by atoms with E-state index in [-0.39, 0.29) is 25.5 Å². The van der Waals surface area contributed by atoms with E-state index in [1.807, 2.05) is 0 Å². The molecule has 0 fully saturated rings. The van der Waals surface area contributed by atoms with E-state index in [4.69, 9.17) is 20.7 Å². The minimum atomic E-state index is -1.75. The number of aliphatic hydroxyl groups excluding tert-OH is 2. The number of ether oxygens (including phenoxy) is 1. The zero-order chi connectivity index (χ0) is 15.4. The molecule has 0 aliphatic rings. The molecule has 0 amide bonds. The first-order valence-electron chi connectivity index (χ1n) is 6.00. The third-order valence-corrected chi connectivity index (χ3v) is 3.12. The first kappa shape index (κ1) is 16.5. The molecule has 0 aliphatic carbocycles. The number of aliphatic hydroxyl groups is 3. The van der Waals surface area contributed by atoms with Gasteiger partial charge >= 0.3 is 5.97 Å². The summed E-state index contributed by atoms with van der Waals surface area (Å²) in [6.45, 7) is 1.93. The molecule has 0 spiro atoms. The van der Waals surface area contributed by atoms with Gasteiger partial charge in [-0.2, -0.15) is 0 Å². The third kappa shape index (κ3) is 3.51. The van der Waals surface area contributed by atoms with Gasteiger partial charge in [-0.3, -0.25) is 9.89 Å². The fourth-order valence-corrected chi connectivity index (χ4v) is 1.31. The molecule has 1 unspecified atom stereocenters. The van der Waals surface area contributed by atoms with E-state index in [0.717, 1.165) is 0 Å². The Balaban J connectivity index is 2.68. The number of nitrogens with two attached hydrogens (primary N) is 1.